The predicted molar refractivity (Wildman–Crippen MR) is 80.3 cm³/mol. The fourth-order valence-electron chi connectivity index (χ4n) is 3.03. The van der Waals surface area contributed by atoms with Crippen molar-refractivity contribution in [3.05, 3.63) is 47.8 Å². The zero-order chi connectivity index (χ0) is 16.4. The Bertz CT molecular complexity index is 643. The molecule has 1 heterocycles. The number of rotatable bonds is 4. The van der Waals surface area contributed by atoms with Crippen molar-refractivity contribution in [2.75, 3.05) is 6.54 Å². The molecule has 5 nitrogen and oxygen atoms in total. The Morgan fingerprint density at radius 3 is 2.22 bits per heavy atom. The molecule has 1 aliphatic heterocycles. The Balaban J connectivity index is 1.56. The molecule has 23 heavy (non-hydrogen) atoms. The molecule has 1 aromatic rings. The number of allylic oxidation sites excluding steroid dienone is 2. The lowest BCUT2D eigenvalue weighted by Crippen LogP contribution is -2.40. The monoisotopic (exact) mass is 316 g/mol. The molecule has 1 N–H and O–H groups in total. The summed E-state index contributed by atoms with van der Waals surface area (Å²) in [5, 5.41) is 2.64. The van der Waals surface area contributed by atoms with Crippen LogP contribution in [0.25, 0.3) is 0 Å². The van der Waals surface area contributed by atoms with Gasteiger partial charge in [0.05, 0.1) is 11.8 Å². The maximum atomic E-state index is 12.8. The first kappa shape index (κ1) is 15.4. The third-order valence-corrected chi connectivity index (χ3v) is 4.30. The average Bonchev–Trinajstić information content (AvgIpc) is 2.80. The maximum absolute atomic E-state index is 12.8. The number of likely N-dealkylation sites (tertiary alicyclic amines) is 1. The van der Waals surface area contributed by atoms with Crippen molar-refractivity contribution in [3.8, 4) is 0 Å². The zero-order valence-corrected chi connectivity index (χ0v) is 12.5. The lowest BCUT2D eigenvalue weighted by molar-refractivity contribution is -0.143. The number of hydrogen-bond donors (Lipinski definition) is 1. The first-order valence-electron chi connectivity index (χ1n) is 7.57. The van der Waals surface area contributed by atoms with E-state index >= 15 is 0 Å². The van der Waals surface area contributed by atoms with Gasteiger partial charge in [0.2, 0.25) is 17.7 Å². The third-order valence-electron chi connectivity index (χ3n) is 4.30. The lowest BCUT2D eigenvalue weighted by atomic mass is 9.85. The van der Waals surface area contributed by atoms with E-state index in [1.807, 2.05) is 12.2 Å². The standard InChI is InChI=1S/C17H17FN2O3/c18-12-7-5-11(6-8-12)9-19-15(21)10-20-16(22)13-3-1-2-4-14(13)17(20)23/h1-2,5-8,13-14H,3-4,9-10H2,(H,19,21)/t13-,14-/m0/s1. The van der Waals surface area contributed by atoms with E-state index < -0.39 is 5.91 Å². The fourth-order valence-corrected chi connectivity index (χ4v) is 3.03. The molecule has 0 bridgehead atoms. The van der Waals surface area contributed by atoms with Crippen LogP contribution in [0.15, 0.2) is 36.4 Å². The molecule has 0 aromatic heterocycles. The molecule has 1 fully saturated rings. The van der Waals surface area contributed by atoms with Crippen LogP contribution < -0.4 is 5.32 Å². The summed E-state index contributed by atoms with van der Waals surface area (Å²) in [7, 11) is 0. The Morgan fingerprint density at radius 2 is 1.65 bits per heavy atom. The Hall–Kier alpha value is -2.50. The van der Waals surface area contributed by atoms with E-state index in [4.69, 9.17) is 0 Å². The summed E-state index contributed by atoms with van der Waals surface area (Å²) in [5.41, 5.74) is 0.747. The van der Waals surface area contributed by atoms with E-state index in [1.165, 1.54) is 12.1 Å². The first-order chi connectivity index (χ1) is 11.1. The number of nitrogens with one attached hydrogen (secondary N) is 1. The van der Waals surface area contributed by atoms with Crippen LogP contribution in [0.1, 0.15) is 18.4 Å². The van der Waals surface area contributed by atoms with E-state index in [-0.39, 0.29) is 42.6 Å². The molecule has 0 radical (unpaired) electrons. The quantitative estimate of drug-likeness (QED) is 0.674. The minimum absolute atomic E-state index is 0.226. The van der Waals surface area contributed by atoms with E-state index in [0.717, 1.165) is 10.5 Å². The minimum atomic E-state index is -0.400. The highest BCUT2D eigenvalue weighted by Crippen LogP contribution is 2.34. The highest BCUT2D eigenvalue weighted by molar-refractivity contribution is 6.07. The van der Waals surface area contributed by atoms with Crippen molar-refractivity contribution in [2.45, 2.75) is 19.4 Å². The van der Waals surface area contributed by atoms with Crippen LogP contribution in [0.5, 0.6) is 0 Å². The highest BCUT2D eigenvalue weighted by atomic mass is 19.1. The number of carbonyl (C=O) groups excluding carboxylic acids is 3. The average molecular weight is 316 g/mol. The first-order valence-corrected chi connectivity index (χ1v) is 7.57. The summed E-state index contributed by atoms with van der Waals surface area (Å²) in [5.74, 6) is -1.91. The third kappa shape index (κ3) is 3.16. The molecule has 1 aromatic carbocycles. The number of imide groups is 1. The van der Waals surface area contributed by atoms with Crippen LogP contribution >= 0.6 is 0 Å². The number of nitrogens with zero attached hydrogens (tertiary/aromatic N) is 1. The van der Waals surface area contributed by atoms with Crippen molar-refractivity contribution < 1.29 is 18.8 Å². The second kappa shape index (κ2) is 6.32. The Morgan fingerprint density at radius 1 is 1.09 bits per heavy atom. The number of carbonyl (C=O) groups is 3. The molecular formula is C17H17FN2O3. The van der Waals surface area contributed by atoms with Gasteiger partial charge in [0.1, 0.15) is 12.4 Å². The Labute approximate surface area is 133 Å². The fraction of sp³-hybridized carbons (Fsp3) is 0.353. The van der Waals surface area contributed by atoms with Gasteiger partial charge in [-0.05, 0) is 30.5 Å². The predicted octanol–water partition coefficient (Wildman–Crippen LogP) is 1.39. The van der Waals surface area contributed by atoms with Gasteiger partial charge >= 0.3 is 0 Å². The van der Waals surface area contributed by atoms with Gasteiger partial charge in [-0.15, -0.1) is 0 Å². The molecule has 0 spiro atoms. The van der Waals surface area contributed by atoms with Crippen LogP contribution in [0, 0.1) is 17.7 Å². The van der Waals surface area contributed by atoms with Gasteiger partial charge in [-0.1, -0.05) is 24.3 Å². The molecule has 3 amide bonds. The maximum Gasteiger partial charge on any atom is 0.240 e. The number of benzene rings is 1. The van der Waals surface area contributed by atoms with Crippen LogP contribution in [0.3, 0.4) is 0 Å². The lowest BCUT2D eigenvalue weighted by Gasteiger charge is -2.14. The summed E-state index contributed by atoms with van der Waals surface area (Å²) in [6.45, 7) is -0.0321. The van der Waals surface area contributed by atoms with Crippen molar-refractivity contribution in [2.24, 2.45) is 11.8 Å². The molecule has 6 heteroatoms. The normalized spacial score (nSPS) is 23.1. The van der Waals surface area contributed by atoms with Crippen molar-refractivity contribution in [1.29, 1.82) is 0 Å². The van der Waals surface area contributed by atoms with Crippen LogP contribution in [-0.4, -0.2) is 29.2 Å². The highest BCUT2D eigenvalue weighted by Gasteiger charge is 2.47. The van der Waals surface area contributed by atoms with E-state index in [1.54, 1.807) is 12.1 Å². The molecule has 120 valence electrons. The largest absolute Gasteiger partial charge is 0.350 e. The van der Waals surface area contributed by atoms with Crippen LogP contribution in [0.2, 0.25) is 0 Å². The molecular weight excluding hydrogens is 299 g/mol. The van der Waals surface area contributed by atoms with Crippen molar-refractivity contribution >= 4 is 17.7 Å². The molecule has 1 aliphatic carbocycles. The summed E-state index contributed by atoms with van der Waals surface area (Å²) in [6, 6.07) is 5.77. The van der Waals surface area contributed by atoms with Gasteiger partial charge in [-0.25, -0.2) is 4.39 Å². The number of hydrogen-bond acceptors (Lipinski definition) is 3. The molecule has 0 unspecified atom stereocenters. The van der Waals surface area contributed by atoms with Gasteiger partial charge in [-0.3, -0.25) is 19.3 Å². The van der Waals surface area contributed by atoms with Gasteiger partial charge in [0.25, 0.3) is 0 Å². The number of halogens is 1. The molecule has 2 atom stereocenters. The van der Waals surface area contributed by atoms with E-state index in [9.17, 15) is 18.8 Å². The Kier molecular flexibility index (Phi) is 4.23. The number of fused-ring (bicyclic) bond motifs is 1. The molecule has 1 saturated heterocycles. The van der Waals surface area contributed by atoms with Crippen LogP contribution in [-0.2, 0) is 20.9 Å². The number of amides is 3. The summed E-state index contributed by atoms with van der Waals surface area (Å²) in [4.78, 5) is 37.5. The van der Waals surface area contributed by atoms with Crippen LogP contribution in [0.4, 0.5) is 4.39 Å². The van der Waals surface area contributed by atoms with Gasteiger partial charge in [0, 0.05) is 6.54 Å². The van der Waals surface area contributed by atoms with Crippen molar-refractivity contribution in [3.63, 3.8) is 0 Å². The van der Waals surface area contributed by atoms with E-state index in [2.05, 4.69) is 5.32 Å². The van der Waals surface area contributed by atoms with E-state index in [0.29, 0.717) is 12.8 Å². The summed E-state index contributed by atoms with van der Waals surface area (Å²) >= 11 is 0. The molecule has 2 aliphatic rings. The van der Waals surface area contributed by atoms with Gasteiger partial charge in [0.15, 0.2) is 0 Å². The second-order valence-corrected chi connectivity index (χ2v) is 5.82. The van der Waals surface area contributed by atoms with Gasteiger partial charge < -0.3 is 5.32 Å². The topological polar surface area (TPSA) is 66.5 Å². The zero-order valence-electron chi connectivity index (χ0n) is 12.5. The summed E-state index contributed by atoms with van der Waals surface area (Å²) < 4.78 is 12.8. The second-order valence-electron chi connectivity index (χ2n) is 5.82. The smallest absolute Gasteiger partial charge is 0.240 e. The van der Waals surface area contributed by atoms with Gasteiger partial charge in [-0.2, -0.15) is 0 Å². The molecule has 0 saturated carbocycles. The minimum Gasteiger partial charge on any atom is -0.350 e. The summed E-state index contributed by atoms with van der Waals surface area (Å²) in [6.07, 6.45) is 4.93. The molecule has 3 rings (SSSR count). The van der Waals surface area contributed by atoms with Crippen molar-refractivity contribution in [1.82, 2.24) is 10.2 Å². The SMILES string of the molecule is O=C(CN1C(=O)[C@H]2CC=CC[C@@H]2C1=O)NCc1ccc(F)cc1.